The number of thiazole rings is 1. The predicted octanol–water partition coefficient (Wildman–Crippen LogP) is 1.21. The second-order valence-electron chi connectivity index (χ2n) is 2.29. The summed E-state index contributed by atoms with van der Waals surface area (Å²) in [6.45, 7) is 2.14. The standard InChI is InChI=1S/C8H9N3OS/c1-3-4-9-7(12)11-8-10-5-6(2)13-8/h1,5H,4H2,2H3,(H2,9,10,11,12). The number of carbonyl (C=O) groups excluding carboxylic acids is 1. The van der Waals surface area contributed by atoms with Crippen molar-refractivity contribution in [1.82, 2.24) is 10.3 Å². The molecule has 1 heterocycles. The molecule has 68 valence electrons. The topological polar surface area (TPSA) is 54.0 Å². The minimum absolute atomic E-state index is 0.218. The van der Waals surface area contributed by atoms with Crippen LogP contribution in [0.1, 0.15) is 4.88 Å². The summed E-state index contributed by atoms with van der Waals surface area (Å²) >= 11 is 1.41. The molecule has 1 rings (SSSR count). The van der Waals surface area contributed by atoms with Crippen molar-refractivity contribution in [3.8, 4) is 12.3 Å². The molecule has 2 amide bonds. The lowest BCUT2D eigenvalue weighted by Gasteiger charge is -2.00. The first kappa shape index (κ1) is 9.55. The molecule has 0 saturated heterocycles. The Kier molecular flexibility index (Phi) is 3.29. The lowest BCUT2D eigenvalue weighted by Crippen LogP contribution is -2.28. The Labute approximate surface area is 80.4 Å². The molecule has 5 heteroatoms. The number of aromatic nitrogens is 1. The second-order valence-corrected chi connectivity index (χ2v) is 3.52. The highest BCUT2D eigenvalue weighted by Gasteiger charge is 2.02. The highest BCUT2D eigenvalue weighted by molar-refractivity contribution is 7.15. The van der Waals surface area contributed by atoms with Crippen LogP contribution in [-0.4, -0.2) is 17.6 Å². The molecule has 0 aromatic carbocycles. The monoisotopic (exact) mass is 195 g/mol. The molecule has 2 N–H and O–H groups in total. The van der Waals surface area contributed by atoms with Gasteiger partial charge in [0.15, 0.2) is 5.13 Å². The van der Waals surface area contributed by atoms with Crippen molar-refractivity contribution in [2.45, 2.75) is 6.92 Å². The highest BCUT2D eigenvalue weighted by atomic mass is 32.1. The number of terminal acetylenes is 1. The van der Waals surface area contributed by atoms with Crippen molar-refractivity contribution in [2.75, 3.05) is 11.9 Å². The van der Waals surface area contributed by atoms with Crippen molar-refractivity contribution in [3.63, 3.8) is 0 Å². The number of aryl methyl sites for hydroxylation is 1. The van der Waals surface area contributed by atoms with Gasteiger partial charge in [-0.1, -0.05) is 5.92 Å². The molecule has 0 aliphatic rings. The van der Waals surface area contributed by atoms with Gasteiger partial charge in [0, 0.05) is 11.1 Å². The number of hydrogen-bond acceptors (Lipinski definition) is 3. The molecule has 1 aromatic rings. The van der Waals surface area contributed by atoms with Gasteiger partial charge in [0.2, 0.25) is 0 Å². The third-order valence-electron chi connectivity index (χ3n) is 1.19. The lowest BCUT2D eigenvalue weighted by molar-refractivity contribution is 0.253. The van der Waals surface area contributed by atoms with Crippen molar-refractivity contribution in [1.29, 1.82) is 0 Å². The highest BCUT2D eigenvalue weighted by Crippen LogP contribution is 2.15. The van der Waals surface area contributed by atoms with Crippen LogP contribution in [0.2, 0.25) is 0 Å². The average Bonchev–Trinajstić information content (AvgIpc) is 2.48. The molecule has 1 aromatic heterocycles. The number of carbonyl (C=O) groups is 1. The molecule has 13 heavy (non-hydrogen) atoms. The molecular formula is C8H9N3OS. The van der Waals surface area contributed by atoms with E-state index in [1.807, 2.05) is 6.92 Å². The lowest BCUT2D eigenvalue weighted by atomic mass is 10.6. The van der Waals surface area contributed by atoms with Crippen molar-refractivity contribution in [3.05, 3.63) is 11.1 Å². The van der Waals surface area contributed by atoms with Gasteiger partial charge in [-0.25, -0.2) is 9.78 Å². The zero-order valence-electron chi connectivity index (χ0n) is 7.13. The number of amides is 2. The number of nitrogens with zero attached hydrogens (tertiary/aromatic N) is 1. The molecule has 0 spiro atoms. The molecule has 0 aliphatic heterocycles. The summed E-state index contributed by atoms with van der Waals surface area (Å²) in [6, 6.07) is -0.327. The summed E-state index contributed by atoms with van der Waals surface area (Å²) in [5.74, 6) is 2.30. The maximum absolute atomic E-state index is 11.0. The van der Waals surface area contributed by atoms with E-state index >= 15 is 0 Å². The summed E-state index contributed by atoms with van der Waals surface area (Å²) < 4.78 is 0. The quantitative estimate of drug-likeness (QED) is 0.697. The maximum Gasteiger partial charge on any atom is 0.321 e. The van der Waals surface area contributed by atoms with Crippen molar-refractivity contribution < 1.29 is 4.79 Å². The van der Waals surface area contributed by atoms with Crippen LogP contribution in [0.25, 0.3) is 0 Å². The summed E-state index contributed by atoms with van der Waals surface area (Å²) in [6.07, 6.45) is 6.66. The Morgan fingerprint density at radius 2 is 2.62 bits per heavy atom. The average molecular weight is 195 g/mol. The van der Waals surface area contributed by atoms with Gasteiger partial charge in [0.25, 0.3) is 0 Å². The van der Waals surface area contributed by atoms with Gasteiger partial charge in [-0.15, -0.1) is 17.8 Å². The fraction of sp³-hybridized carbons (Fsp3) is 0.250. The summed E-state index contributed by atoms with van der Waals surface area (Å²) in [4.78, 5) is 16.0. The van der Waals surface area contributed by atoms with Crippen molar-refractivity contribution >= 4 is 22.5 Å². The van der Waals surface area contributed by atoms with Crippen LogP contribution >= 0.6 is 11.3 Å². The smallest absolute Gasteiger partial charge is 0.321 e. The Morgan fingerprint density at radius 1 is 1.85 bits per heavy atom. The van der Waals surface area contributed by atoms with E-state index in [4.69, 9.17) is 6.42 Å². The first-order chi connectivity index (χ1) is 6.22. The molecule has 0 saturated carbocycles. The van der Waals surface area contributed by atoms with Crippen LogP contribution in [0, 0.1) is 19.3 Å². The number of anilines is 1. The van der Waals surface area contributed by atoms with Gasteiger partial charge in [-0.2, -0.15) is 0 Å². The third-order valence-corrected chi connectivity index (χ3v) is 2.02. The SMILES string of the molecule is C#CCNC(=O)Nc1ncc(C)s1. The van der Waals surface area contributed by atoms with Crippen LogP contribution in [0.3, 0.4) is 0 Å². The van der Waals surface area contributed by atoms with Crippen LogP contribution in [0.5, 0.6) is 0 Å². The van der Waals surface area contributed by atoms with Gasteiger partial charge < -0.3 is 5.32 Å². The Hall–Kier alpha value is -1.54. The minimum Gasteiger partial charge on any atom is -0.327 e. The van der Waals surface area contributed by atoms with E-state index in [1.54, 1.807) is 6.20 Å². The van der Waals surface area contributed by atoms with Crippen molar-refractivity contribution in [2.24, 2.45) is 0 Å². The van der Waals surface area contributed by atoms with Crippen LogP contribution in [0.15, 0.2) is 6.20 Å². The first-order valence-corrected chi connectivity index (χ1v) is 4.45. The predicted molar refractivity (Wildman–Crippen MR) is 52.7 cm³/mol. The van der Waals surface area contributed by atoms with E-state index in [9.17, 15) is 4.79 Å². The van der Waals surface area contributed by atoms with Gasteiger partial charge in [0.1, 0.15) is 0 Å². The van der Waals surface area contributed by atoms with Gasteiger partial charge in [-0.05, 0) is 6.92 Å². The van der Waals surface area contributed by atoms with Crippen LogP contribution in [-0.2, 0) is 0 Å². The molecule has 0 bridgehead atoms. The summed E-state index contributed by atoms with van der Waals surface area (Å²) in [7, 11) is 0. The second kappa shape index (κ2) is 4.48. The number of hydrogen-bond donors (Lipinski definition) is 2. The fourth-order valence-electron chi connectivity index (χ4n) is 0.685. The zero-order valence-corrected chi connectivity index (χ0v) is 7.94. The number of urea groups is 1. The molecule has 0 atom stereocenters. The normalized spacial score (nSPS) is 8.92. The van der Waals surface area contributed by atoms with E-state index in [1.165, 1.54) is 11.3 Å². The number of rotatable bonds is 2. The van der Waals surface area contributed by atoms with Gasteiger partial charge >= 0.3 is 6.03 Å². The van der Waals surface area contributed by atoms with E-state index in [-0.39, 0.29) is 12.6 Å². The minimum atomic E-state index is -0.327. The molecular weight excluding hydrogens is 186 g/mol. The van der Waals surface area contributed by atoms with Crippen LogP contribution < -0.4 is 10.6 Å². The van der Waals surface area contributed by atoms with Gasteiger partial charge in [-0.3, -0.25) is 5.32 Å². The molecule has 0 fully saturated rings. The maximum atomic E-state index is 11.0. The van der Waals surface area contributed by atoms with E-state index < -0.39 is 0 Å². The Morgan fingerprint density at radius 3 is 3.15 bits per heavy atom. The zero-order chi connectivity index (χ0) is 9.68. The van der Waals surface area contributed by atoms with E-state index in [2.05, 4.69) is 21.5 Å². The summed E-state index contributed by atoms with van der Waals surface area (Å²) in [5, 5.41) is 5.61. The Balaban J connectivity index is 2.41. The van der Waals surface area contributed by atoms with E-state index in [0.29, 0.717) is 5.13 Å². The van der Waals surface area contributed by atoms with E-state index in [0.717, 1.165) is 4.88 Å². The van der Waals surface area contributed by atoms with Gasteiger partial charge in [0.05, 0.1) is 6.54 Å². The fourth-order valence-corrected chi connectivity index (χ4v) is 1.34. The molecule has 0 radical (unpaired) electrons. The Bertz CT molecular complexity index is 339. The number of nitrogens with one attached hydrogen (secondary N) is 2. The summed E-state index contributed by atoms with van der Waals surface area (Å²) in [5.41, 5.74) is 0. The molecule has 0 aliphatic carbocycles. The van der Waals surface area contributed by atoms with Crippen LogP contribution in [0.4, 0.5) is 9.93 Å². The third kappa shape index (κ3) is 3.13. The largest absolute Gasteiger partial charge is 0.327 e. The molecule has 4 nitrogen and oxygen atoms in total. The molecule has 0 unspecified atom stereocenters. The first-order valence-electron chi connectivity index (χ1n) is 3.63.